The molecule has 0 spiro atoms. The summed E-state index contributed by atoms with van der Waals surface area (Å²) in [7, 11) is 1.22. The molecular weight excluding hydrogens is 334 g/mol. The maximum absolute atomic E-state index is 11.8. The molecule has 1 amide bonds. The van der Waals surface area contributed by atoms with Gasteiger partial charge in [-0.05, 0) is 12.1 Å². The summed E-state index contributed by atoms with van der Waals surface area (Å²) in [4.78, 5) is 23.2. The molecule has 0 aromatic heterocycles. The second kappa shape index (κ2) is 8.26. The molecule has 0 saturated carbocycles. The van der Waals surface area contributed by atoms with E-state index >= 15 is 0 Å². The molecule has 1 fully saturated rings. The zero-order valence-corrected chi connectivity index (χ0v) is 13.8. The molecule has 0 aliphatic carbocycles. The third-order valence-electron chi connectivity index (χ3n) is 3.79. The summed E-state index contributed by atoms with van der Waals surface area (Å²) < 4.78 is 15.8. The summed E-state index contributed by atoms with van der Waals surface area (Å²) in [6, 6.07) is 5.09. The standard InChI is InChI=1S/C16H21NO8/c1-8(19)17-12-14(21)13(20)11(7-18)25-16(12)24-10-6-4-3-5-9(10)15(22)23-2/h3-6,11-14,16,18,20-21H,7H2,1-2H3,(H,17,19)/t11-,12+,13+,14+,16-/m1/s1. The van der Waals surface area contributed by atoms with Gasteiger partial charge in [0.25, 0.3) is 0 Å². The molecule has 1 heterocycles. The van der Waals surface area contributed by atoms with Crippen LogP contribution in [0.2, 0.25) is 0 Å². The molecule has 0 bridgehead atoms. The van der Waals surface area contributed by atoms with Crippen LogP contribution in [0.4, 0.5) is 0 Å². The van der Waals surface area contributed by atoms with Crippen LogP contribution in [0.5, 0.6) is 5.75 Å². The molecule has 0 unspecified atom stereocenters. The fourth-order valence-corrected chi connectivity index (χ4v) is 2.54. The summed E-state index contributed by atoms with van der Waals surface area (Å²) in [6.07, 6.45) is -5.22. The molecular formula is C16H21NO8. The number of esters is 1. The van der Waals surface area contributed by atoms with Gasteiger partial charge in [0, 0.05) is 6.92 Å². The van der Waals surface area contributed by atoms with Crippen LogP contribution in [0.25, 0.3) is 0 Å². The Hall–Kier alpha value is -2.20. The third kappa shape index (κ3) is 4.26. The summed E-state index contributed by atoms with van der Waals surface area (Å²) in [5, 5.41) is 31.9. The van der Waals surface area contributed by atoms with E-state index in [1.54, 1.807) is 12.1 Å². The molecule has 9 heteroatoms. The third-order valence-corrected chi connectivity index (χ3v) is 3.79. The molecule has 1 aromatic rings. The minimum absolute atomic E-state index is 0.106. The zero-order chi connectivity index (χ0) is 18.6. The van der Waals surface area contributed by atoms with Crippen LogP contribution in [0.1, 0.15) is 17.3 Å². The van der Waals surface area contributed by atoms with Crippen LogP contribution in [-0.4, -0.2) is 71.6 Å². The fourth-order valence-electron chi connectivity index (χ4n) is 2.54. The lowest BCUT2D eigenvalue weighted by Crippen LogP contribution is -2.65. The molecule has 25 heavy (non-hydrogen) atoms. The fraction of sp³-hybridized carbons (Fsp3) is 0.500. The van der Waals surface area contributed by atoms with Crippen molar-refractivity contribution in [1.29, 1.82) is 0 Å². The van der Waals surface area contributed by atoms with E-state index < -0.39 is 49.1 Å². The van der Waals surface area contributed by atoms with Crippen molar-refractivity contribution in [3.63, 3.8) is 0 Å². The van der Waals surface area contributed by atoms with Crippen molar-refractivity contribution in [2.75, 3.05) is 13.7 Å². The van der Waals surface area contributed by atoms with Gasteiger partial charge in [-0.25, -0.2) is 4.79 Å². The predicted octanol–water partition coefficient (Wildman–Crippen LogP) is -1.20. The van der Waals surface area contributed by atoms with E-state index in [9.17, 15) is 24.9 Å². The first kappa shape index (κ1) is 19.1. The van der Waals surface area contributed by atoms with E-state index in [-0.39, 0.29) is 11.3 Å². The molecule has 1 aliphatic rings. The summed E-state index contributed by atoms with van der Waals surface area (Å²) in [5.74, 6) is -1.01. The summed E-state index contributed by atoms with van der Waals surface area (Å²) >= 11 is 0. The van der Waals surface area contributed by atoms with Crippen LogP contribution >= 0.6 is 0 Å². The largest absolute Gasteiger partial charge is 0.465 e. The number of hydrogen-bond donors (Lipinski definition) is 4. The van der Waals surface area contributed by atoms with Crippen molar-refractivity contribution in [3.05, 3.63) is 29.8 Å². The Kier molecular flexibility index (Phi) is 6.32. The molecule has 1 aromatic carbocycles. The van der Waals surface area contributed by atoms with Crippen molar-refractivity contribution in [2.24, 2.45) is 0 Å². The maximum atomic E-state index is 11.8. The van der Waals surface area contributed by atoms with Crippen molar-refractivity contribution in [1.82, 2.24) is 5.32 Å². The average molecular weight is 355 g/mol. The lowest BCUT2D eigenvalue weighted by atomic mass is 9.97. The van der Waals surface area contributed by atoms with E-state index in [2.05, 4.69) is 10.1 Å². The van der Waals surface area contributed by atoms with Crippen LogP contribution in [-0.2, 0) is 14.3 Å². The predicted molar refractivity (Wildman–Crippen MR) is 83.8 cm³/mol. The summed E-state index contributed by atoms with van der Waals surface area (Å²) in [6.45, 7) is 0.667. The highest BCUT2D eigenvalue weighted by molar-refractivity contribution is 5.92. The van der Waals surface area contributed by atoms with E-state index in [1.165, 1.54) is 26.2 Å². The number of amides is 1. The molecule has 138 valence electrons. The molecule has 5 atom stereocenters. The highest BCUT2D eigenvalue weighted by atomic mass is 16.7. The van der Waals surface area contributed by atoms with Gasteiger partial charge in [0.15, 0.2) is 0 Å². The van der Waals surface area contributed by atoms with E-state index in [0.29, 0.717) is 0 Å². The Balaban J connectivity index is 2.30. The Morgan fingerprint density at radius 1 is 1.24 bits per heavy atom. The van der Waals surface area contributed by atoms with Crippen molar-refractivity contribution >= 4 is 11.9 Å². The van der Waals surface area contributed by atoms with Crippen molar-refractivity contribution < 1.29 is 39.1 Å². The molecule has 4 N–H and O–H groups in total. The van der Waals surface area contributed by atoms with Crippen molar-refractivity contribution in [3.8, 4) is 5.75 Å². The number of ether oxygens (including phenoxy) is 3. The SMILES string of the molecule is COC(=O)c1ccccc1O[C@@H]1O[C@H](CO)[C@H](O)[C@@H](O)[C@@H]1NC(C)=O. The molecule has 9 nitrogen and oxygen atoms in total. The number of aliphatic hydroxyl groups excluding tert-OH is 3. The van der Waals surface area contributed by atoms with Gasteiger partial charge in [-0.15, -0.1) is 0 Å². The first-order valence-corrected chi connectivity index (χ1v) is 7.62. The van der Waals surface area contributed by atoms with Gasteiger partial charge in [-0.3, -0.25) is 4.79 Å². The lowest BCUT2D eigenvalue weighted by Gasteiger charge is -2.42. The lowest BCUT2D eigenvalue weighted by molar-refractivity contribution is -0.244. The van der Waals surface area contributed by atoms with Gasteiger partial charge in [-0.1, -0.05) is 12.1 Å². The monoisotopic (exact) mass is 355 g/mol. The Morgan fingerprint density at radius 3 is 2.52 bits per heavy atom. The number of carbonyl (C=O) groups excluding carboxylic acids is 2. The minimum atomic E-state index is -1.44. The second-order valence-electron chi connectivity index (χ2n) is 5.54. The van der Waals surface area contributed by atoms with Gasteiger partial charge in [0.1, 0.15) is 35.7 Å². The quantitative estimate of drug-likeness (QED) is 0.484. The van der Waals surface area contributed by atoms with Crippen LogP contribution in [0, 0.1) is 0 Å². The van der Waals surface area contributed by atoms with Crippen LogP contribution in [0.3, 0.4) is 0 Å². The second-order valence-corrected chi connectivity index (χ2v) is 5.54. The summed E-state index contributed by atoms with van der Waals surface area (Å²) in [5.41, 5.74) is 0.122. The van der Waals surface area contributed by atoms with Gasteiger partial charge < -0.3 is 34.8 Å². The number of hydrogen-bond acceptors (Lipinski definition) is 8. The Labute approximate surface area is 144 Å². The first-order chi connectivity index (χ1) is 11.9. The minimum Gasteiger partial charge on any atom is -0.465 e. The van der Waals surface area contributed by atoms with Gasteiger partial charge in [0.05, 0.1) is 13.7 Å². The van der Waals surface area contributed by atoms with Crippen molar-refractivity contribution in [2.45, 2.75) is 37.6 Å². The van der Waals surface area contributed by atoms with Crippen LogP contribution < -0.4 is 10.1 Å². The number of rotatable bonds is 5. The van der Waals surface area contributed by atoms with Gasteiger partial charge in [-0.2, -0.15) is 0 Å². The smallest absolute Gasteiger partial charge is 0.341 e. The molecule has 0 radical (unpaired) electrons. The topological polar surface area (TPSA) is 135 Å². The highest BCUT2D eigenvalue weighted by Crippen LogP contribution is 2.27. The van der Waals surface area contributed by atoms with E-state index in [0.717, 1.165) is 0 Å². The molecule has 2 rings (SSSR count). The van der Waals surface area contributed by atoms with E-state index in [4.69, 9.17) is 9.47 Å². The van der Waals surface area contributed by atoms with E-state index in [1.807, 2.05) is 0 Å². The highest BCUT2D eigenvalue weighted by Gasteiger charge is 2.46. The van der Waals surface area contributed by atoms with Gasteiger partial charge >= 0.3 is 5.97 Å². The number of carbonyl (C=O) groups is 2. The van der Waals surface area contributed by atoms with Gasteiger partial charge in [0.2, 0.25) is 12.2 Å². The number of methoxy groups -OCH3 is 1. The number of benzene rings is 1. The first-order valence-electron chi connectivity index (χ1n) is 7.62. The Bertz CT molecular complexity index is 622. The number of aliphatic hydroxyl groups is 3. The number of nitrogens with one attached hydrogen (secondary N) is 1. The normalized spacial score (nSPS) is 28.9. The van der Waals surface area contributed by atoms with Crippen LogP contribution in [0.15, 0.2) is 24.3 Å². The average Bonchev–Trinajstić information content (AvgIpc) is 2.60. The maximum Gasteiger partial charge on any atom is 0.341 e. The zero-order valence-electron chi connectivity index (χ0n) is 13.8. The Morgan fingerprint density at radius 2 is 1.92 bits per heavy atom. The molecule has 1 saturated heterocycles. The molecule has 1 aliphatic heterocycles. The number of para-hydroxylation sites is 1.